The van der Waals surface area contributed by atoms with Crippen LogP contribution in [0.15, 0.2) is 66.7 Å². The number of nitrogens with two attached hydrogens (primary N) is 2. The Hall–Kier alpha value is -2.73. The summed E-state index contributed by atoms with van der Waals surface area (Å²) in [6.45, 7) is 8.54. The van der Waals surface area contributed by atoms with E-state index in [9.17, 15) is 0 Å². The van der Waals surface area contributed by atoms with E-state index < -0.39 is 0 Å². The van der Waals surface area contributed by atoms with Crippen LogP contribution in [0, 0.1) is 6.92 Å². The fourth-order valence-corrected chi connectivity index (χ4v) is 4.34. The summed E-state index contributed by atoms with van der Waals surface area (Å²) in [6.07, 6.45) is 1.06. The van der Waals surface area contributed by atoms with Gasteiger partial charge >= 0.3 is 0 Å². The maximum atomic E-state index is 6.41. The zero-order valence-corrected chi connectivity index (χ0v) is 18.4. The molecule has 1 saturated heterocycles. The van der Waals surface area contributed by atoms with E-state index >= 15 is 0 Å². The molecule has 162 valence electrons. The molecule has 5 nitrogen and oxygen atoms in total. The van der Waals surface area contributed by atoms with E-state index in [0.717, 1.165) is 56.9 Å². The molecule has 0 aliphatic carbocycles. The number of benzene rings is 2. The summed E-state index contributed by atoms with van der Waals surface area (Å²) in [6, 6.07) is 23.0. The fourth-order valence-electron chi connectivity index (χ4n) is 4.34. The topological polar surface area (TPSA) is 71.4 Å². The Balaban J connectivity index is 1.25. The van der Waals surface area contributed by atoms with Crippen molar-refractivity contribution in [1.29, 1.82) is 0 Å². The van der Waals surface area contributed by atoms with Gasteiger partial charge in [0.2, 0.25) is 0 Å². The van der Waals surface area contributed by atoms with E-state index in [1.807, 2.05) is 24.3 Å². The average molecular weight is 416 g/mol. The standard InChI is InChI=1S/C26H33N5/c1-20-18-21(10-11-23(20)25-8-5-9-26(28)29-25)12-13-30-14-16-31(17-15-30)19-24(27)22-6-3-2-4-7-22/h2-11,18,24H,12-17,19,27H2,1H3,(H2,28,29). The van der Waals surface area contributed by atoms with Crippen molar-refractivity contribution in [1.82, 2.24) is 14.8 Å². The molecule has 0 spiro atoms. The molecule has 2 heterocycles. The van der Waals surface area contributed by atoms with Gasteiger partial charge in [-0.25, -0.2) is 4.98 Å². The third-order valence-electron chi connectivity index (χ3n) is 6.20. The first-order valence-electron chi connectivity index (χ1n) is 11.2. The van der Waals surface area contributed by atoms with Crippen LogP contribution in [0.1, 0.15) is 22.7 Å². The molecule has 1 atom stereocenters. The van der Waals surface area contributed by atoms with Crippen LogP contribution in [0.3, 0.4) is 0 Å². The van der Waals surface area contributed by atoms with Crippen molar-refractivity contribution in [2.75, 3.05) is 45.0 Å². The van der Waals surface area contributed by atoms with Gasteiger partial charge in [0.25, 0.3) is 0 Å². The molecule has 1 aliphatic rings. The van der Waals surface area contributed by atoms with Crippen LogP contribution in [0.25, 0.3) is 11.3 Å². The minimum Gasteiger partial charge on any atom is -0.384 e. The summed E-state index contributed by atoms with van der Waals surface area (Å²) >= 11 is 0. The third-order valence-corrected chi connectivity index (χ3v) is 6.20. The van der Waals surface area contributed by atoms with E-state index in [-0.39, 0.29) is 6.04 Å². The highest BCUT2D eigenvalue weighted by atomic mass is 15.3. The van der Waals surface area contributed by atoms with Gasteiger partial charge in [-0.2, -0.15) is 0 Å². The number of hydrogen-bond donors (Lipinski definition) is 2. The second kappa shape index (κ2) is 10.1. The monoisotopic (exact) mass is 415 g/mol. The molecular formula is C26H33N5. The summed E-state index contributed by atoms with van der Waals surface area (Å²) < 4.78 is 0. The highest BCUT2D eigenvalue weighted by Crippen LogP contribution is 2.23. The molecule has 4 rings (SSSR count). The molecule has 0 saturated carbocycles. The summed E-state index contributed by atoms with van der Waals surface area (Å²) in [5.74, 6) is 0.560. The van der Waals surface area contributed by atoms with Crippen molar-refractivity contribution in [3.8, 4) is 11.3 Å². The van der Waals surface area contributed by atoms with E-state index in [1.165, 1.54) is 16.7 Å². The van der Waals surface area contributed by atoms with Crippen LogP contribution in [-0.2, 0) is 6.42 Å². The summed E-state index contributed by atoms with van der Waals surface area (Å²) in [7, 11) is 0. The van der Waals surface area contributed by atoms with Crippen LogP contribution in [0.4, 0.5) is 5.82 Å². The van der Waals surface area contributed by atoms with Crippen molar-refractivity contribution in [3.63, 3.8) is 0 Å². The summed E-state index contributed by atoms with van der Waals surface area (Å²) in [4.78, 5) is 9.51. The smallest absolute Gasteiger partial charge is 0.124 e. The first-order chi connectivity index (χ1) is 15.1. The first-order valence-corrected chi connectivity index (χ1v) is 11.2. The van der Waals surface area contributed by atoms with Crippen molar-refractivity contribution < 1.29 is 0 Å². The molecule has 1 aromatic heterocycles. The lowest BCUT2D eigenvalue weighted by Crippen LogP contribution is -2.48. The SMILES string of the molecule is Cc1cc(CCN2CCN(CC(N)c3ccccc3)CC2)ccc1-c1cccc(N)n1. The summed E-state index contributed by atoms with van der Waals surface area (Å²) in [5, 5.41) is 0. The van der Waals surface area contributed by atoms with E-state index in [2.05, 4.69) is 64.2 Å². The second-order valence-corrected chi connectivity index (χ2v) is 8.51. The number of rotatable bonds is 7. The molecule has 1 aliphatic heterocycles. The molecule has 0 bridgehead atoms. The van der Waals surface area contributed by atoms with Crippen LogP contribution < -0.4 is 11.5 Å². The minimum atomic E-state index is 0.0868. The quantitative estimate of drug-likeness (QED) is 0.618. The predicted molar refractivity (Wildman–Crippen MR) is 129 cm³/mol. The second-order valence-electron chi connectivity index (χ2n) is 8.51. The first kappa shape index (κ1) is 21.5. The van der Waals surface area contributed by atoms with Gasteiger partial charge in [0, 0.05) is 50.9 Å². The van der Waals surface area contributed by atoms with Gasteiger partial charge in [0.05, 0.1) is 5.69 Å². The van der Waals surface area contributed by atoms with Gasteiger partial charge in [-0.3, -0.25) is 4.90 Å². The number of nitrogens with zero attached hydrogens (tertiary/aromatic N) is 3. The molecule has 3 aromatic rings. The zero-order valence-electron chi connectivity index (χ0n) is 18.4. The molecule has 0 radical (unpaired) electrons. The fraction of sp³-hybridized carbons (Fsp3) is 0.346. The number of aromatic nitrogens is 1. The number of nitrogen functional groups attached to an aromatic ring is 1. The predicted octanol–water partition coefficient (Wildman–Crippen LogP) is 3.50. The van der Waals surface area contributed by atoms with Gasteiger partial charge in [-0.05, 0) is 42.2 Å². The molecule has 0 amide bonds. The van der Waals surface area contributed by atoms with Gasteiger partial charge in [0.15, 0.2) is 0 Å². The molecule has 31 heavy (non-hydrogen) atoms. The summed E-state index contributed by atoms with van der Waals surface area (Å²) in [5.41, 5.74) is 18.2. The number of aryl methyl sites for hydroxylation is 1. The minimum absolute atomic E-state index is 0.0868. The Bertz CT molecular complexity index is 980. The van der Waals surface area contributed by atoms with Gasteiger partial charge in [-0.15, -0.1) is 0 Å². The number of piperazine rings is 1. The maximum absolute atomic E-state index is 6.41. The average Bonchev–Trinajstić information content (AvgIpc) is 2.79. The molecule has 1 unspecified atom stereocenters. The van der Waals surface area contributed by atoms with E-state index in [4.69, 9.17) is 11.5 Å². The lowest BCUT2D eigenvalue weighted by molar-refractivity contribution is 0.128. The molecular weight excluding hydrogens is 382 g/mol. The normalized spacial score (nSPS) is 16.3. The Morgan fingerprint density at radius 1 is 0.903 bits per heavy atom. The number of anilines is 1. The van der Waals surface area contributed by atoms with Crippen molar-refractivity contribution in [2.45, 2.75) is 19.4 Å². The van der Waals surface area contributed by atoms with Crippen LogP contribution >= 0.6 is 0 Å². The van der Waals surface area contributed by atoms with Crippen LogP contribution in [-0.4, -0.2) is 54.1 Å². The highest BCUT2D eigenvalue weighted by Gasteiger charge is 2.19. The lowest BCUT2D eigenvalue weighted by Gasteiger charge is -2.36. The van der Waals surface area contributed by atoms with Crippen LogP contribution in [0.2, 0.25) is 0 Å². The number of pyridine rings is 1. The molecule has 1 fully saturated rings. The van der Waals surface area contributed by atoms with Crippen LogP contribution in [0.5, 0.6) is 0 Å². The van der Waals surface area contributed by atoms with Gasteiger partial charge < -0.3 is 16.4 Å². The van der Waals surface area contributed by atoms with Crippen molar-refractivity contribution >= 4 is 5.82 Å². The Morgan fingerprint density at radius 2 is 1.65 bits per heavy atom. The van der Waals surface area contributed by atoms with E-state index in [0.29, 0.717) is 5.82 Å². The van der Waals surface area contributed by atoms with Gasteiger partial charge in [-0.1, -0.05) is 54.6 Å². The number of hydrogen-bond acceptors (Lipinski definition) is 5. The van der Waals surface area contributed by atoms with E-state index in [1.54, 1.807) is 0 Å². The Labute approximate surface area is 185 Å². The molecule has 5 heteroatoms. The highest BCUT2D eigenvalue weighted by molar-refractivity contribution is 5.65. The van der Waals surface area contributed by atoms with Crippen molar-refractivity contribution in [2.24, 2.45) is 5.73 Å². The third kappa shape index (κ3) is 5.70. The molecule has 4 N–H and O–H groups in total. The van der Waals surface area contributed by atoms with Gasteiger partial charge in [0.1, 0.15) is 5.82 Å². The molecule has 2 aromatic carbocycles. The Kier molecular flexibility index (Phi) is 6.97. The van der Waals surface area contributed by atoms with Crippen molar-refractivity contribution in [3.05, 3.63) is 83.4 Å². The maximum Gasteiger partial charge on any atom is 0.124 e. The zero-order chi connectivity index (χ0) is 21.6. The lowest BCUT2D eigenvalue weighted by atomic mass is 10.0. The Morgan fingerprint density at radius 3 is 2.35 bits per heavy atom. The largest absolute Gasteiger partial charge is 0.384 e.